The Bertz CT molecular complexity index is 280. The minimum Gasteiger partial charge on any atom is -0.385 e. The van der Waals surface area contributed by atoms with E-state index in [2.05, 4.69) is 22.6 Å². The number of aromatic nitrogens is 1. The van der Waals surface area contributed by atoms with Crippen LogP contribution in [0.3, 0.4) is 0 Å². The third-order valence-electron chi connectivity index (χ3n) is 2.44. The predicted molar refractivity (Wildman–Crippen MR) is 69.1 cm³/mol. The third kappa shape index (κ3) is 5.05. The third-order valence-corrected chi connectivity index (χ3v) is 3.43. The van der Waals surface area contributed by atoms with Gasteiger partial charge in [0.15, 0.2) is 0 Å². The Morgan fingerprint density at radius 2 is 2.38 bits per heavy atom. The van der Waals surface area contributed by atoms with Crippen LogP contribution in [0.15, 0.2) is 5.38 Å². The van der Waals surface area contributed by atoms with Crippen molar-refractivity contribution in [2.24, 2.45) is 0 Å². The summed E-state index contributed by atoms with van der Waals surface area (Å²) in [5.74, 6) is 0. The Hall–Kier alpha value is -0.450. The van der Waals surface area contributed by atoms with Crippen LogP contribution in [0.5, 0.6) is 0 Å². The van der Waals surface area contributed by atoms with Crippen molar-refractivity contribution in [3.63, 3.8) is 0 Å². The zero-order chi connectivity index (χ0) is 11.8. The van der Waals surface area contributed by atoms with E-state index >= 15 is 0 Å². The van der Waals surface area contributed by atoms with Crippen molar-refractivity contribution in [3.8, 4) is 0 Å². The van der Waals surface area contributed by atoms with E-state index in [1.54, 1.807) is 18.4 Å². The zero-order valence-corrected chi connectivity index (χ0v) is 11.3. The molecule has 1 N–H and O–H groups in total. The first-order chi connectivity index (χ1) is 7.76. The van der Waals surface area contributed by atoms with Gasteiger partial charge in [-0.25, -0.2) is 4.98 Å². The van der Waals surface area contributed by atoms with Crippen molar-refractivity contribution in [2.45, 2.75) is 39.2 Å². The minimum absolute atomic E-state index is 0.491. The molecule has 0 amide bonds. The molecule has 1 heterocycles. The molecule has 0 fully saturated rings. The number of nitrogens with one attached hydrogen (secondary N) is 1. The molecule has 1 rings (SSSR count). The summed E-state index contributed by atoms with van der Waals surface area (Å²) >= 11 is 1.75. The average molecular weight is 242 g/mol. The highest BCUT2D eigenvalue weighted by molar-refractivity contribution is 7.09. The Morgan fingerprint density at radius 3 is 2.94 bits per heavy atom. The van der Waals surface area contributed by atoms with E-state index < -0.39 is 0 Å². The van der Waals surface area contributed by atoms with E-state index in [-0.39, 0.29) is 0 Å². The molecule has 16 heavy (non-hydrogen) atoms. The molecule has 0 aliphatic carbocycles. The molecule has 0 aliphatic rings. The van der Waals surface area contributed by atoms with Crippen LogP contribution in [-0.2, 0) is 11.2 Å². The van der Waals surface area contributed by atoms with Gasteiger partial charge in [-0.2, -0.15) is 0 Å². The minimum atomic E-state index is 0.491. The van der Waals surface area contributed by atoms with Crippen LogP contribution in [0.2, 0.25) is 0 Å². The van der Waals surface area contributed by atoms with Gasteiger partial charge in [-0.05, 0) is 26.3 Å². The van der Waals surface area contributed by atoms with Crippen LogP contribution in [0.25, 0.3) is 0 Å². The number of thiazole rings is 1. The molecule has 0 aliphatic heterocycles. The van der Waals surface area contributed by atoms with Crippen molar-refractivity contribution in [3.05, 3.63) is 16.1 Å². The molecule has 92 valence electrons. The smallest absolute Gasteiger partial charge is 0.0943 e. The normalized spacial score (nSPS) is 12.9. The van der Waals surface area contributed by atoms with E-state index in [0.29, 0.717) is 6.04 Å². The number of hydrogen-bond donors (Lipinski definition) is 1. The number of hydrogen-bond acceptors (Lipinski definition) is 4. The van der Waals surface area contributed by atoms with Gasteiger partial charge in [0.1, 0.15) is 0 Å². The highest BCUT2D eigenvalue weighted by Gasteiger charge is 2.10. The first-order valence-electron chi connectivity index (χ1n) is 5.89. The van der Waals surface area contributed by atoms with Crippen molar-refractivity contribution in [1.29, 1.82) is 0 Å². The Kier molecular flexibility index (Phi) is 6.61. The maximum atomic E-state index is 5.14. The topological polar surface area (TPSA) is 34.1 Å². The van der Waals surface area contributed by atoms with Gasteiger partial charge < -0.3 is 10.1 Å². The van der Waals surface area contributed by atoms with Crippen molar-refractivity contribution in [1.82, 2.24) is 10.3 Å². The summed E-state index contributed by atoms with van der Waals surface area (Å²) in [6.45, 7) is 6.11. The molecule has 0 aromatic carbocycles. The lowest BCUT2D eigenvalue weighted by Crippen LogP contribution is -2.32. The number of aryl methyl sites for hydroxylation is 1. The van der Waals surface area contributed by atoms with Gasteiger partial charge in [0.25, 0.3) is 0 Å². The summed E-state index contributed by atoms with van der Waals surface area (Å²) in [5, 5.41) is 6.89. The van der Waals surface area contributed by atoms with Crippen LogP contribution in [0.4, 0.5) is 0 Å². The molecular weight excluding hydrogens is 220 g/mol. The molecule has 0 saturated heterocycles. The van der Waals surface area contributed by atoms with Crippen LogP contribution >= 0.6 is 11.3 Å². The average Bonchev–Trinajstić information content (AvgIpc) is 2.68. The highest BCUT2D eigenvalue weighted by atomic mass is 32.1. The van der Waals surface area contributed by atoms with Gasteiger partial charge in [0.2, 0.25) is 0 Å². The van der Waals surface area contributed by atoms with E-state index in [0.717, 1.165) is 31.7 Å². The molecule has 1 aromatic rings. The lowest BCUT2D eigenvalue weighted by molar-refractivity contribution is 0.182. The van der Waals surface area contributed by atoms with Crippen molar-refractivity contribution in [2.75, 3.05) is 20.3 Å². The summed E-state index contributed by atoms with van der Waals surface area (Å²) < 4.78 is 5.14. The Labute approximate surface area is 102 Å². The summed E-state index contributed by atoms with van der Waals surface area (Å²) in [5.41, 5.74) is 1.13. The van der Waals surface area contributed by atoms with E-state index in [1.807, 2.05) is 6.92 Å². The SMILES string of the molecule is CCCNC(CCOC)Cc1nc(C)cs1. The lowest BCUT2D eigenvalue weighted by atomic mass is 10.1. The molecule has 1 unspecified atom stereocenters. The van der Waals surface area contributed by atoms with Crippen LogP contribution < -0.4 is 5.32 Å². The first-order valence-corrected chi connectivity index (χ1v) is 6.77. The van der Waals surface area contributed by atoms with E-state index in [4.69, 9.17) is 4.74 Å². The molecular formula is C12H22N2OS. The number of ether oxygens (including phenoxy) is 1. The second kappa shape index (κ2) is 7.76. The fourth-order valence-corrected chi connectivity index (χ4v) is 2.45. The van der Waals surface area contributed by atoms with Gasteiger partial charge in [0.05, 0.1) is 5.01 Å². The standard InChI is InChI=1S/C12H22N2OS/c1-4-6-13-11(5-7-15-3)8-12-14-10(2)9-16-12/h9,11,13H,4-8H2,1-3H3. The molecule has 0 spiro atoms. The molecule has 3 nitrogen and oxygen atoms in total. The molecule has 1 atom stereocenters. The van der Waals surface area contributed by atoms with Gasteiger partial charge in [-0.1, -0.05) is 6.92 Å². The summed E-state index contributed by atoms with van der Waals surface area (Å²) in [6.07, 6.45) is 3.23. The summed E-state index contributed by atoms with van der Waals surface area (Å²) in [7, 11) is 1.75. The fourth-order valence-electron chi connectivity index (χ4n) is 1.59. The van der Waals surface area contributed by atoms with Gasteiger partial charge in [-0.15, -0.1) is 11.3 Å². The Balaban J connectivity index is 2.41. The Morgan fingerprint density at radius 1 is 1.56 bits per heavy atom. The first kappa shape index (κ1) is 13.6. The number of rotatable bonds is 8. The van der Waals surface area contributed by atoms with Gasteiger partial charge in [-0.3, -0.25) is 0 Å². The lowest BCUT2D eigenvalue weighted by Gasteiger charge is -2.16. The van der Waals surface area contributed by atoms with Crippen molar-refractivity contribution < 1.29 is 4.74 Å². The van der Waals surface area contributed by atoms with E-state index in [9.17, 15) is 0 Å². The maximum absolute atomic E-state index is 5.14. The molecule has 0 bridgehead atoms. The second-order valence-corrected chi connectivity index (χ2v) is 4.96. The highest BCUT2D eigenvalue weighted by Crippen LogP contribution is 2.12. The second-order valence-electron chi connectivity index (χ2n) is 4.02. The number of nitrogens with zero attached hydrogens (tertiary/aromatic N) is 1. The quantitative estimate of drug-likeness (QED) is 0.760. The maximum Gasteiger partial charge on any atom is 0.0943 e. The number of methoxy groups -OCH3 is 1. The van der Waals surface area contributed by atoms with Gasteiger partial charge in [0, 0.05) is 37.3 Å². The zero-order valence-electron chi connectivity index (χ0n) is 10.5. The predicted octanol–water partition coefficient (Wildman–Crippen LogP) is 2.40. The molecule has 0 saturated carbocycles. The van der Waals surface area contributed by atoms with Crippen LogP contribution in [0, 0.1) is 6.92 Å². The fraction of sp³-hybridized carbons (Fsp3) is 0.750. The molecule has 1 aromatic heterocycles. The summed E-state index contributed by atoms with van der Waals surface area (Å²) in [6, 6.07) is 0.491. The largest absolute Gasteiger partial charge is 0.385 e. The van der Waals surface area contributed by atoms with Gasteiger partial charge >= 0.3 is 0 Å². The monoisotopic (exact) mass is 242 g/mol. The van der Waals surface area contributed by atoms with Crippen LogP contribution in [0.1, 0.15) is 30.5 Å². The van der Waals surface area contributed by atoms with E-state index in [1.165, 1.54) is 11.4 Å². The molecule has 4 heteroatoms. The van der Waals surface area contributed by atoms with Crippen LogP contribution in [-0.4, -0.2) is 31.3 Å². The molecule has 0 radical (unpaired) electrons. The van der Waals surface area contributed by atoms with Crippen molar-refractivity contribution >= 4 is 11.3 Å². The summed E-state index contributed by atoms with van der Waals surface area (Å²) in [4.78, 5) is 4.50.